The maximum atomic E-state index is 9.95. The van der Waals surface area contributed by atoms with E-state index in [1.807, 2.05) is 42.5 Å². The Morgan fingerprint density at radius 2 is 1.35 bits per heavy atom. The van der Waals surface area contributed by atoms with Crippen LogP contribution >= 0.6 is 0 Å². The molecule has 0 spiro atoms. The molecule has 0 aromatic heterocycles. The van der Waals surface area contributed by atoms with Gasteiger partial charge in [-0.05, 0) is 18.1 Å². The molecule has 0 saturated heterocycles. The normalized spacial score (nSPS) is 13.2. The number of hydrogen-bond acceptors (Lipinski definition) is 3. The molecule has 1 unspecified atom stereocenters. The lowest BCUT2D eigenvalue weighted by Crippen LogP contribution is -2.41. The fraction of sp³-hybridized carbons (Fsp3) is 0.294. The third-order valence-corrected chi connectivity index (χ3v) is 3.55. The lowest BCUT2D eigenvalue weighted by atomic mass is 9.97. The largest absolute Gasteiger partial charge is 0.387 e. The Morgan fingerprint density at radius 1 is 0.850 bits per heavy atom. The molecule has 0 saturated carbocycles. The van der Waals surface area contributed by atoms with E-state index >= 15 is 0 Å². The van der Waals surface area contributed by atoms with Crippen molar-refractivity contribution in [2.24, 2.45) is 0 Å². The number of aliphatic hydroxyl groups excluding tert-OH is 1. The van der Waals surface area contributed by atoms with E-state index in [2.05, 4.69) is 12.1 Å². The van der Waals surface area contributed by atoms with Crippen molar-refractivity contribution in [2.45, 2.75) is 18.8 Å². The molecule has 3 heteroatoms. The van der Waals surface area contributed by atoms with E-state index in [4.69, 9.17) is 9.47 Å². The van der Waals surface area contributed by atoms with Gasteiger partial charge >= 0.3 is 0 Å². The van der Waals surface area contributed by atoms with E-state index in [-0.39, 0.29) is 0 Å². The second-order valence-corrected chi connectivity index (χ2v) is 4.70. The molecule has 0 amide bonds. The molecule has 0 aliphatic heterocycles. The molecule has 3 nitrogen and oxygen atoms in total. The number of ether oxygens (including phenoxy) is 2. The summed E-state index contributed by atoms with van der Waals surface area (Å²) in [6, 6.07) is 18.0. The summed E-state index contributed by atoms with van der Waals surface area (Å²) in [5.74, 6) is -1.13. The zero-order chi connectivity index (χ0) is 14.6. The second kappa shape index (κ2) is 6.18. The van der Waals surface area contributed by atoms with E-state index in [0.29, 0.717) is 0 Å². The first-order valence-electron chi connectivity index (χ1n) is 6.58. The molecular formula is C17H20O3. The minimum Gasteiger partial charge on any atom is -0.387 e. The topological polar surface area (TPSA) is 38.7 Å². The third kappa shape index (κ3) is 2.61. The quantitative estimate of drug-likeness (QED) is 0.850. The Balaban J connectivity index is 2.37. The van der Waals surface area contributed by atoms with Crippen LogP contribution in [0.3, 0.4) is 0 Å². The number of benzene rings is 2. The number of hydrogen-bond donors (Lipinski definition) is 1. The Labute approximate surface area is 119 Å². The second-order valence-electron chi connectivity index (χ2n) is 4.70. The first-order chi connectivity index (χ1) is 9.64. The van der Waals surface area contributed by atoms with E-state index in [1.165, 1.54) is 14.2 Å². The first-order valence-corrected chi connectivity index (χ1v) is 6.58. The molecule has 106 valence electrons. The van der Waals surface area contributed by atoms with Crippen LogP contribution in [0.4, 0.5) is 0 Å². The van der Waals surface area contributed by atoms with Crippen LogP contribution in [-0.2, 0) is 15.3 Å². The van der Waals surface area contributed by atoms with Gasteiger partial charge in [0.15, 0.2) is 0 Å². The van der Waals surface area contributed by atoms with E-state index in [1.54, 1.807) is 6.92 Å². The average Bonchev–Trinajstić information content (AvgIpc) is 2.50. The zero-order valence-corrected chi connectivity index (χ0v) is 12.0. The summed E-state index contributed by atoms with van der Waals surface area (Å²) in [6.45, 7) is 1.65. The molecule has 2 rings (SSSR count). The third-order valence-electron chi connectivity index (χ3n) is 3.55. The highest BCUT2D eigenvalue weighted by molar-refractivity contribution is 5.63. The summed E-state index contributed by atoms with van der Waals surface area (Å²) in [7, 11) is 3.06. The summed E-state index contributed by atoms with van der Waals surface area (Å²) < 4.78 is 10.8. The molecule has 2 aromatic rings. The summed E-state index contributed by atoms with van der Waals surface area (Å²) in [5.41, 5.74) is 3.05. The van der Waals surface area contributed by atoms with Gasteiger partial charge in [-0.2, -0.15) is 0 Å². The molecule has 0 aliphatic carbocycles. The van der Waals surface area contributed by atoms with Crippen molar-refractivity contribution in [1.29, 1.82) is 0 Å². The number of aliphatic hydroxyl groups is 1. The van der Waals surface area contributed by atoms with Gasteiger partial charge in [0.1, 0.15) is 6.10 Å². The highest BCUT2D eigenvalue weighted by Crippen LogP contribution is 2.31. The molecular weight excluding hydrogens is 252 g/mol. The Morgan fingerprint density at radius 3 is 1.80 bits per heavy atom. The van der Waals surface area contributed by atoms with Crippen LogP contribution in [0.25, 0.3) is 11.1 Å². The predicted octanol–water partition coefficient (Wildman–Crippen LogP) is 3.18. The zero-order valence-electron chi connectivity index (χ0n) is 12.0. The van der Waals surface area contributed by atoms with E-state index < -0.39 is 11.9 Å². The highest BCUT2D eigenvalue weighted by Gasteiger charge is 2.37. The van der Waals surface area contributed by atoms with Crippen molar-refractivity contribution >= 4 is 0 Å². The first kappa shape index (κ1) is 14.7. The van der Waals surface area contributed by atoms with Crippen LogP contribution in [0.15, 0.2) is 54.6 Å². The van der Waals surface area contributed by atoms with Crippen molar-refractivity contribution < 1.29 is 14.6 Å². The Bertz CT molecular complexity index is 528. The van der Waals surface area contributed by atoms with Gasteiger partial charge in [0, 0.05) is 19.8 Å². The predicted molar refractivity (Wildman–Crippen MR) is 79.3 cm³/mol. The molecule has 0 aliphatic rings. The van der Waals surface area contributed by atoms with Gasteiger partial charge in [0.05, 0.1) is 0 Å². The van der Waals surface area contributed by atoms with Crippen LogP contribution in [0.1, 0.15) is 12.5 Å². The van der Waals surface area contributed by atoms with Gasteiger partial charge in [-0.3, -0.25) is 0 Å². The average molecular weight is 272 g/mol. The number of rotatable bonds is 5. The number of methoxy groups -OCH3 is 2. The van der Waals surface area contributed by atoms with Gasteiger partial charge < -0.3 is 14.6 Å². The molecule has 0 fully saturated rings. The fourth-order valence-electron chi connectivity index (χ4n) is 2.43. The maximum Gasteiger partial charge on any atom is 0.221 e. The van der Waals surface area contributed by atoms with Crippen molar-refractivity contribution in [3.05, 3.63) is 60.2 Å². The molecule has 0 radical (unpaired) electrons. The van der Waals surface area contributed by atoms with Crippen molar-refractivity contribution in [3.8, 4) is 11.1 Å². The van der Waals surface area contributed by atoms with Gasteiger partial charge in [0.25, 0.3) is 0 Å². The SMILES string of the molecule is COC(OC)(c1ccc(-c2ccccc2)cc1)C(C)O. The monoisotopic (exact) mass is 272 g/mol. The molecule has 1 N–H and O–H groups in total. The van der Waals surface area contributed by atoms with Gasteiger partial charge in [-0.1, -0.05) is 54.6 Å². The van der Waals surface area contributed by atoms with E-state index in [9.17, 15) is 5.11 Å². The van der Waals surface area contributed by atoms with Crippen LogP contribution < -0.4 is 0 Å². The van der Waals surface area contributed by atoms with Crippen molar-refractivity contribution in [3.63, 3.8) is 0 Å². The summed E-state index contributed by atoms with van der Waals surface area (Å²) in [6.07, 6.45) is -0.778. The Hall–Kier alpha value is -1.68. The highest BCUT2D eigenvalue weighted by atomic mass is 16.7. The lowest BCUT2D eigenvalue weighted by Gasteiger charge is -2.34. The summed E-state index contributed by atoms with van der Waals surface area (Å²) in [5, 5.41) is 9.95. The van der Waals surface area contributed by atoms with Crippen molar-refractivity contribution in [1.82, 2.24) is 0 Å². The molecule has 20 heavy (non-hydrogen) atoms. The smallest absolute Gasteiger partial charge is 0.221 e. The molecule has 0 heterocycles. The summed E-state index contributed by atoms with van der Waals surface area (Å²) in [4.78, 5) is 0. The van der Waals surface area contributed by atoms with Gasteiger partial charge in [0.2, 0.25) is 5.79 Å². The van der Waals surface area contributed by atoms with Crippen molar-refractivity contribution in [2.75, 3.05) is 14.2 Å². The van der Waals surface area contributed by atoms with Crippen LogP contribution in [0.2, 0.25) is 0 Å². The maximum absolute atomic E-state index is 9.95. The standard InChI is InChI=1S/C17H20O3/c1-13(18)17(19-2,20-3)16-11-9-15(10-12-16)14-7-5-4-6-8-14/h4-13,18H,1-3H3. The fourth-order valence-corrected chi connectivity index (χ4v) is 2.43. The minimum absolute atomic E-state index is 0.778. The van der Waals surface area contributed by atoms with Crippen LogP contribution in [0.5, 0.6) is 0 Å². The molecule has 1 atom stereocenters. The summed E-state index contributed by atoms with van der Waals surface area (Å²) >= 11 is 0. The molecule has 2 aromatic carbocycles. The van der Waals surface area contributed by atoms with E-state index in [0.717, 1.165) is 16.7 Å². The van der Waals surface area contributed by atoms with Gasteiger partial charge in [-0.15, -0.1) is 0 Å². The molecule has 0 bridgehead atoms. The van der Waals surface area contributed by atoms with Crippen LogP contribution in [0, 0.1) is 0 Å². The Kier molecular flexibility index (Phi) is 4.55. The lowest BCUT2D eigenvalue weighted by molar-refractivity contribution is -0.264. The van der Waals surface area contributed by atoms with Gasteiger partial charge in [-0.25, -0.2) is 0 Å². The van der Waals surface area contributed by atoms with Crippen LogP contribution in [-0.4, -0.2) is 25.4 Å². The minimum atomic E-state index is -1.13.